The van der Waals surface area contributed by atoms with E-state index in [2.05, 4.69) is 20.4 Å². The molecule has 6 nitrogen and oxygen atoms in total. The smallest absolute Gasteiger partial charge is 0.253 e. The number of amides is 1. The lowest BCUT2D eigenvalue weighted by Gasteiger charge is -2.33. The zero-order valence-electron chi connectivity index (χ0n) is 14.1. The molecule has 0 saturated carbocycles. The molecule has 0 bridgehead atoms. The number of furan rings is 1. The first kappa shape index (κ1) is 15.9. The highest BCUT2D eigenvalue weighted by Gasteiger charge is 2.25. The number of carbonyl (C=O) groups excluding carboxylic acids is 1. The van der Waals surface area contributed by atoms with Crippen LogP contribution in [0.2, 0.25) is 0 Å². The molecule has 1 aliphatic rings. The minimum atomic E-state index is -0.0941. The number of aromatic nitrogens is 2. The molecule has 1 atom stereocenters. The number of benzene rings is 1. The molecule has 1 unspecified atom stereocenters. The van der Waals surface area contributed by atoms with Gasteiger partial charge in [-0.15, -0.1) is 0 Å². The Kier molecular flexibility index (Phi) is 4.52. The van der Waals surface area contributed by atoms with E-state index < -0.39 is 0 Å². The van der Waals surface area contributed by atoms with E-state index in [1.807, 2.05) is 30.3 Å². The van der Waals surface area contributed by atoms with Gasteiger partial charge in [0.1, 0.15) is 5.76 Å². The molecule has 25 heavy (non-hydrogen) atoms. The largest absolute Gasteiger partial charge is 0.468 e. The average Bonchev–Trinajstić information content (AvgIpc) is 3.34. The number of H-pyrrole nitrogens is 1. The Hall–Kier alpha value is -2.60. The van der Waals surface area contributed by atoms with Gasteiger partial charge in [0.25, 0.3) is 5.91 Å². The third-order valence-electron chi connectivity index (χ3n) is 4.88. The normalized spacial score (nSPS) is 16.8. The maximum Gasteiger partial charge on any atom is 0.253 e. The van der Waals surface area contributed by atoms with Crippen LogP contribution in [0, 0.1) is 0 Å². The van der Waals surface area contributed by atoms with E-state index >= 15 is 0 Å². The first-order chi connectivity index (χ1) is 12.3. The second-order valence-corrected chi connectivity index (χ2v) is 6.48. The number of hydrogen-bond acceptors (Lipinski definition) is 4. The summed E-state index contributed by atoms with van der Waals surface area (Å²) >= 11 is 0. The highest BCUT2D eigenvalue weighted by Crippen LogP contribution is 2.25. The first-order valence-corrected chi connectivity index (χ1v) is 8.80. The van der Waals surface area contributed by atoms with Crippen molar-refractivity contribution in [1.29, 1.82) is 0 Å². The van der Waals surface area contributed by atoms with Crippen LogP contribution in [0.4, 0.5) is 0 Å². The number of piperidine rings is 1. The molecule has 3 aromatic rings. The molecule has 1 aromatic carbocycles. The number of carbonyl (C=O) groups is 1. The van der Waals surface area contributed by atoms with Gasteiger partial charge < -0.3 is 9.73 Å². The minimum Gasteiger partial charge on any atom is -0.468 e. The summed E-state index contributed by atoms with van der Waals surface area (Å²) in [5.41, 5.74) is 1.39. The van der Waals surface area contributed by atoms with Crippen molar-refractivity contribution in [3.63, 3.8) is 0 Å². The Bertz CT molecular complexity index is 834. The minimum absolute atomic E-state index is 0.0696. The molecule has 4 rings (SSSR count). The van der Waals surface area contributed by atoms with Crippen LogP contribution in [0.5, 0.6) is 0 Å². The van der Waals surface area contributed by atoms with Gasteiger partial charge in [-0.25, -0.2) is 0 Å². The number of nitrogens with one attached hydrogen (secondary N) is 2. The Morgan fingerprint density at radius 1 is 1.24 bits per heavy atom. The SMILES string of the molecule is O=C(NCC(c1ccco1)N1CCCCC1)c1cccc2cn[nH]c12. The number of nitrogens with zero attached hydrogens (tertiary/aromatic N) is 2. The number of rotatable bonds is 5. The van der Waals surface area contributed by atoms with Gasteiger partial charge >= 0.3 is 0 Å². The number of likely N-dealkylation sites (tertiary alicyclic amines) is 1. The van der Waals surface area contributed by atoms with Gasteiger partial charge in [0.15, 0.2) is 0 Å². The summed E-state index contributed by atoms with van der Waals surface area (Å²) < 4.78 is 5.64. The summed E-state index contributed by atoms with van der Waals surface area (Å²) in [4.78, 5) is 15.1. The molecule has 2 N–H and O–H groups in total. The van der Waals surface area contributed by atoms with Crippen molar-refractivity contribution in [3.8, 4) is 0 Å². The highest BCUT2D eigenvalue weighted by atomic mass is 16.3. The van der Waals surface area contributed by atoms with Crippen LogP contribution in [-0.2, 0) is 0 Å². The van der Waals surface area contributed by atoms with Crippen molar-refractivity contribution < 1.29 is 9.21 Å². The summed E-state index contributed by atoms with van der Waals surface area (Å²) in [5.74, 6) is 0.811. The van der Waals surface area contributed by atoms with Gasteiger partial charge in [0, 0.05) is 11.9 Å². The molecule has 130 valence electrons. The summed E-state index contributed by atoms with van der Waals surface area (Å²) in [6, 6.07) is 9.59. The summed E-state index contributed by atoms with van der Waals surface area (Å²) in [5, 5.41) is 10.9. The quantitative estimate of drug-likeness (QED) is 0.750. The van der Waals surface area contributed by atoms with Gasteiger partial charge in [-0.1, -0.05) is 18.6 Å². The molecule has 1 saturated heterocycles. The van der Waals surface area contributed by atoms with Crippen LogP contribution in [-0.4, -0.2) is 40.6 Å². The van der Waals surface area contributed by atoms with Crippen LogP contribution in [0.25, 0.3) is 10.9 Å². The highest BCUT2D eigenvalue weighted by molar-refractivity contribution is 6.05. The van der Waals surface area contributed by atoms with Crippen LogP contribution in [0.3, 0.4) is 0 Å². The maximum atomic E-state index is 12.7. The van der Waals surface area contributed by atoms with E-state index in [9.17, 15) is 4.79 Å². The number of aromatic amines is 1. The monoisotopic (exact) mass is 338 g/mol. The Morgan fingerprint density at radius 3 is 2.92 bits per heavy atom. The molecule has 0 aliphatic carbocycles. The van der Waals surface area contributed by atoms with Crippen molar-refractivity contribution in [2.75, 3.05) is 19.6 Å². The summed E-state index contributed by atoms with van der Waals surface area (Å²) in [6.45, 7) is 2.60. The molecule has 3 heterocycles. The van der Waals surface area contributed by atoms with Crippen LogP contribution in [0.15, 0.2) is 47.2 Å². The zero-order chi connectivity index (χ0) is 17.1. The summed E-state index contributed by atoms with van der Waals surface area (Å²) in [6.07, 6.45) is 7.08. The molecule has 1 amide bonds. The lowest BCUT2D eigenvalue weighted by molar-refractivity contribution is 0.0915. The van der Waals surface area contributed by atoms with Crippen molar-refractivity contribution in [2.24, 2.45) is 0 Å². The lowest BCUT2D eigenvalue weighted by Crippen LogP contribution is -2.40. The number of fused-ring (bicyclic) bond motifs is 1. The molecular formula is C19H22N4O2. The van der Waals surface area contributed by atoms with Gasteiger partial charge in [-0.3, -0.25) is 14.8 Å². The number of para-hydroxylation sites is 1. The van der Waals surface area contributed by atoms with Gasteiger partial charge in [-0.05, 0) is 44.1 Å². The van der Waals surface area contributed by atoms with Gasteiger partial charge in [0.2, 0.25) is 0 Å². The maximum absolute atomic E-state index is 12.7. The van der Waals surface area contributed by atoms with Gasteiger partial charge in [-0.2, -0.15) is 5.10 Å². The number of hydrogen-bond donors (Lipinski definition) is 2. The average molecular weight is 338 g/mol. The second kappa shape index (κ2) is 7.11. The van der Waals surface area contributed by atoms with Crippen molar-refractivity contribution in [1.82, 2.24) is 20.4 Å². The summed E-state index contributed by atoms with van der Waals surface area (Å²) in [7, 11) is 0. The van der Waals surface area contributed by atoms with Crippen molar-refractivity contribution in [3.05, 3.63) is 54.1 Å². The first-order valence-electron chi connectivity index (χ1n) is 8.80. The second-order valence-electron chi connectivity index (χ2n) is 6.48. The fraction of sp³-hybridized carbons (Fsp3) is 0.368. The Balaban J connectivity index is 1.50. The Morgan fingerprint density at radius 2 is 2.12 bits per heavy atom. The van der Waals surface area contributed by atoms with Gasteiger partial charge in [0.05, 0.1) is 29.6 Å². The molecule has 0 spiro atoms. The van der Waals surface area contributed by atoms with E-state index in [0.717, 1.165) is 29.8 Å². The standard InChI is InChI=1S/C19H22N4O2/c24-19(15-7-4-6-14-12-21-22-18(14)15)20-13-16(17-8-5-11-25-17)23-9-2-1-3-10-23/h4-8,11-12,16H,1-3,9-10,13H2,(H,20,24)(H,21,22). The lowest BCUT2D eigenvalue weighted by atomic mass is 10.1. The molecular weight excluding hydrogens is 316 g/mol. The predicted molar refractivity (Wildman–Crippen MR) is 95.3 cm³/mol. The van der Waals surface area contributed by atoms with E-state index in [1.165, 1.54) is 19.3 Å². The van der Waals surface area contributed by atoms with Crippen molar-refractivity contribution >= 4 is 16.8 Å². The molecule has 0 radical (unpaired) electrons. The topological polar surface area (TPSA) is 74.2 Å². The van der Waals surface area contributed by atoms with Crippen LogP contribution in [0.1, 0.15) is 41.4 Å². The zero-order valence-corrected chi connectivity index (χ0v) is 14.1. The van der Waals surface area contributed by atoms with E-state index in [-0.39, 0.29) is 11.9 Å². The van der Waals surface area contributed by atoms with E-state index in [0.29, 0.717) is 12.1 Å². The third kappa shape index (κ3) is 3.30. The molecule has 1 aliphatic heterocycles. The fourth-order valence-corrected chi connectivity index (χ4v) is 3.56. The Labute approximate surface area is 146 Å². The van der Waals surface area contributed by atoms with Crippen LogP contribution < -0.4 is 5.32 Å². The fourth-order valence-electron chi connectivity index (χ4n) is 3.56. The van der Waals surface area contributed by atoms with Crippen molar-refractivity contribution in [2.45, 2.75) is 25.3 Å². The molecule has 1 fully saturated rings. The van der Waals surface area contributed by atoms with E-state index in [1.54, 1.807) is 12.5 Å². The molecule has 2 aromatic heterocycles. The molecule has 6 heteroatoms. The van der Waals surface area contributed by atoms with E-state index in [4.69, 9.17) is 4.42 Å². The van der Waals surface area contributed by atoms with Crippen LogP contribution >= 0.6 is 0 Å². The third-order valence-corrected chi connectivity index (χ3v) is 4.88. The predicted octanol–water partition coefficient (Wildman–Crippen LogP) is 3.11.